The molecular weight excluding hydrogens is 965 g/mol. The van der Waals surface area contributed by atoms with Crippen molar-refractivity contribution in [2.45, 2.75) is 52.1 Å². The zero-order valence-corrected chi connectivity index (χ0v) is 38.6. The SMILES string of the molecule is COc1ncccc1-c1cc2c(N[C@H](C)c3cc(N)cc(C(F)(F)F)c3)nc(C)nn2c1.COc1ncccc1O[B]O.Cc1nc(N[C@H](C)c2cc(N)cc(C(F)(F)F)c2)c2cc(Br)cn2n1. The number of methoxy groups -OCH3 is 2. The highest BCUT2D eigenvalue weighted by atomic mass is 79.9. The molecule has 0 saturated heterocycles. The van der Waals surface area contributed by atoms with Crippen molar-refractivity contribution < 1.29 is 45.5 Å². The molecule has 0 unspecified atom stereocenters. The molecule has 0 bridgehead atoms. The third-order valence-corrected chi connectivity index (χ3v) is 10.2. The number of aryl methyl sites for hydroxylation is 2. The van der Waals surface area contributed by atoms with Crippen LogP contribution >= 0.6 is 15.9 Å². The summed E-state index contributed by atoms with van der Waals surface area (Å²) in [5.41, 5.74) is 13.7. The Kier molecular flexibility index (Phi) is 15.5. The maximum Gasteiger partial charge on any atom is 0.569 e. The van der Waals surface area contributed by atoms with Gasteiger partial charge in [-0.25, -0.2) is 29.0 Å². The highest BCUT2D eigenvalue weighted by molar-refractivity contribution is 9.10. The molecule has 1 radical (unpaired) electrons. The molecule has 24 heteroatoms. The second-order valence-corrected chi connectivity index (χ2v) is 15.8. The molecule has 0 saturated carbocycles. The normalized spacial score (nSPS) is 12.3. The lowest BCUT2D eigenvalue weighted by molar-refractivity contribution is -0.138. The highest BCUT2D eigenvalue weighted by Gasteiger charge is 2.32. The molecule has 2 aromatic carbocycles. The number of hydrogen-bond acceptors (Lipinski definition) is 14. The zero-order chi connectivity index (χ0) is 49.5. The molecule has 6 heterocycles. The minimum atomic E-state index is -4.48. The van der Waals surface area contributed by atoms with Gasteiger partial charge in [-0.05, 0) is 128 Å². The van der Waals surface area contributed by atoms with Crippen LogP contribution in [0.25, 0.3) is 22.2 Å². The molecule has 6 aromatic heterocycles. The van der Waals surface area contributed by atoms with Gasteiger partial charge in [0.05, 0.1) is 37.4 Å². The van der Waals surface area contributed by atoms with E-state index in [2.05, 4.69) is 61.4 Å². The van der Waals surface area contributed by atoms with Crippen molar-refractivity contribution in [1.82, 2.24) is 39.2 Å². The Bertz CT molecular complexity index is 3030. The van der Waals surface area contributed by atoms with Gasteiger partial charge in [0.1, 0.15) is 22.7 Å². The summed E-state index contributed by atoms with van der Waals surface area (Å²) in [7, 11) is 3.60. The number of halogens is 7. The van der Waals surface area contributed by atoms with Crippen LogP contribution in [-0.2, 0) is 12.4 Å². The number of aromatic nitrogens is 8. The average Bonchev–Trinajstić information content (AvgIpc) is 3.89. The Morgan fingerprint density at radius 3 is 1.68 bits per heavy atom. The van der Waals surface area contributed by atoms with Crippen molar-refractivity contribution in [1.29, 1.82) is 0 Å². The maximum atomic E-state index is 13.2. The smallest absolute Gasteiger partial charge is 0.534 e. The fourth-order valence-electron chi connectivity index (χ4n) is 6.75. The van der Waals surface area contributed by atoms with Crippen LogP contribution in [-0.4, -0.2) is 66.1 Å². The number of rotatable bonds is 11. The van der Waals surface area contributed by atoms with Crippen molar-refractivity contribution in [2.24, 2.45) is 0 Å². The van der Waals surface area contributed by atoms with Crippen LogP contribution < -0.4 is 36.2 Å². The van der Waals surface area contributed by atoms with Crippen molar-refractivity contribution in [3.63, 3.8) is 0 Å². The molecule has 0 aliphatic rings. The fraction of sp³-hybridized carbons (Fsp3) is 0.227. The fourth-order valence-corrected chi connectivity index (χ4v) is 7.16. The van der Waals surface area contributed by atoms with Crippen LogP contribution in [0.5, 0.6) is 17.5 Å². The van der Waals surface area contributed by atoms with Crippen LogP contribution in [0.4, 0.5) is 49.4 Å². The molecule has 0 amide bonds. The van der Waals surface area contributed by atoms with Gasteiger partial charge in [-0.1, -0.05) is 0 Å². The van der Waals surface area contributed by atoms with Gasteiger partial charge < -0.3 is 41.3 Å². The molecule has 68 heavy (non-hydrogen) atoms. The molecule has 16 nitrogen and oxygen atoms in total. The number of fused-ring (bicyclic) bond motifs is 2. The van der Waals surface area contributed by atoms with Crippen LogP contribution in [0.2, 0.25) is 0 Å². The summed E-state index contributed by atoms with van der Waals surface area (Å²) in [5.74, 6) is 3.24. The van der Waals surface area contributed by atoms with Crippen LogP contribution in [0.15, 0.2) is 102 Å². The van der Waals surface area contributed by atoms with Gasteiger partial charge in [0.15, 0.2) is 17.4 Å². The summed E-state index contributed by atoms with van der Waals surface area (Å²) in [6.07, 6.45) is -2.12. The summed E-state index contributed by atoms with van der Waals surface area (Å²) in [5, 5.41) is 23.3. The van der Waals surface area contributed by atoms with Crippen molar-refractivity contribution in [3.8, 4) is 28.6 Å². The van der Waals surface area contributed by atoms with Crippen LogP contribution in [0, 0.1) is 13.8 Å². The van der Waals surface area contributed by atoms with E-state index in [4.69, 9.17) is 26.0 Å². The van der Waals surface area contributed by atoms with Gasteiger partial charge in [0.25, 0.3) is 5.88 Å². The Hall–Kier alpha value is -7.34. The third-order valence-electron chi connectivity index (χ3n) is 9.81. The topological polar surface area (TPSA) is 210 Å². The second-order valence-electron chi connectivity index (χ2n) is 14.9. The lowest BCUT2D eigenvalue weighted by atomic mass is 10.0. The van der Waals surface area contributed by atoms with Crippen LogP contribution in [0.3, 0.4) is 0 Å². The number of nitrogens with two attached hydrogens (primary N) is 2. The van der Waals surface area contributed by atoms with Gasteiger partial charge in [0.2, 0.25) is 5.88 Å². The van der Waals surface area contributed by atoms with E-state index < -0.39 is 35.6 Å². The first-order valence-corrected chi connectivity index (χ1v) is 21.0. The molecule has 2 atom stereocenters. The van der Waals surface area contributed by atoms with E-state index in [1.807, 2.05) is 24.4 Å². The van der Waals surface area contributed by atoms with E-state index in [9.17, 15) is 26.3 Å². The number of hydrogen-bond donors (Lipinski definition) is 5. The molecule has 355 valence electrons. The quantitative estimate of drug-likeness (QED) is 0.0465. The lowest BCUT2D eigenvalue weighted by Crippen LogP contribution is -2.13. The number of nitrogen functional groups attached to an aromatic ring is 2. The summed E-state index contributed by atoms with van der Waals surface area (Å²) in [6, 6.07) is 16.8. The van der Waals surface area contributed by atoms with Gasteiger partial charge >= 0.3 is 20.0 Å². The summed E-state index contributed by atoms with van der Waals surface area (Å²) in [4.78, 5) is 16.9. The largest absolute Gasteiger partial charge is 0.569 e. The highest BCUT2D eigenvalue weighted by Crippen LogP contribution is 2.36. The van der Waals surface area contributed by atoms with E-state index in [0.717, 1.165) is 39.9 Å². The minimum absolute atomic E-state index is 0.0427. The number of pyridine rings is 2. The van der Waals surface area contributed by atoms with Gasteiger partial charge in [-0.2, -0.15) is 36.5 Å². The van der Waals surface area contributed by atoms with E-state index in [-0.39, 0.29) is 11.4 Å². The first kappa shape index (κ1) is 50.1. The second kappa shape index (κ2) is 21.1. The molecule has 7 N–H and O–H groups in total. The monoisotopic (exact) mass is 1010 g/mol. The Labute approximate surface area is 394 Å². The molecule has 0 fully saturated rings. The molecular formula is C44H43BBrF6N12O4. The first-order chi connectivity index (χ1) is 32.2. The zero-order valence-electron chi connectivity index (χ0n) is 37.0. The lowest BCUT2D eigenvalue weighted by Gasteiger charge is -2.18. The van der Waals surface area contributed by atoms with Crippen molar-refractivity contribution in [2.75, 3.05) is 36.3 Å². The predicted molar refractivity (Wildman–Crippen MR) is 248 cm³/mol. The maximum absolute atomic E-state index is 13.2. The molecule has 0 spiro atoms. The van der Waals surface area contributed by atoms with E-state index in [1.165, 1.54) is 19.2 Å². The third kappa shape index (κ3) is 12.4. The molecule has 0 aliphatic heterocycles. The number of benzene rings is 2. The van der Waals surface area contributed by atoms with Gasteiger partial charge in [-0.3, -0.25) is 0 Å². The minimum Gasteiger partial charge on any atom is -0.534 e. The van der Waals surface area contributed by atoms with Crippen molar-refractivity contribution in [3.05, 3.63) is 136 Å². The van der Waals surface area contributed by atoms with Crippen LogP contribution in [0.1, 0.15) is 59.8 Å². The Morgan fingerprint density at radius 1 is 0.691 bits per heavy atom. The standard InChI is InChI=1S/C22H21F3N6O.C16H15BrF3N5.C6H7BNO3/c1-12(14-7-16(22(23,24)25)10-17(26)8-14)28-20-19-9-15(11-31(19)30-13(2)29-20)18-5-4-6-27-21(18)32-3;1-8(10-3-11(16(18,19)20)5-13(21)4-10)22-15-14-6-12(17)7-25(14)24-9(2)23-15;1-10-6-5(11-7-9)3-2-4-8-6/h4-12H,26H2,1-3H3,(H,28,29,30);3-8H,21H2,1-2H3,(H,22,23,24);2-4,9H,1H3/t12-;8-;/m11./s1. The number of ether oxygens (including phenoxy) is 2. The number of nitrogens with one attached hydrogen (secondary N) is 2. The Morgan fingerprint density at radius 2 is 1.18 bits per heavy atom. The van der Waals surface area contributed by atoms with E-state index in [0.29, 0.717) is 70.6 Å². The number of anilines is 4. The number of alkyl halides is 6. The van der Waals surface area contributed by atoms with Gasteiger partial charge in [0, 0.05) is 51.8 Å². The average molecular weight is 1010 g/mol. The molecule has 8 rings (SSSR count). The summed E-state index contributed by atoms with van der Waals surface area (Å²) in [6.45, 7) is 6.98. The molecule has 0 aliphatic carbocycles. The van der Waals surface area contributed by atoms with Gasteiger partial charge in [-0.15, -0.1) is 0 Å². The summed E-state index contributed by atoms with van der Waals surface area (Å²) >= 11 is 3.38. The van der Waals surface area contributed by atoms with Crippen molar-refractivity contribution >= 4 is 57.7 Å². The predicted octanol–water partition coefficient (Wildman–Crippen LogP) is 9.45. The molecule has 8 aromatic rings. The first-order valence-electron chi connectivity index (χ1n) is 20.2. The number of nitrogens with zero attached hydrogens (tertiary/aromatic N) is 8. The van der Waals surface area contributed by atoms with E-state index in [1.54, 1.807) is 80.6 Å². The van der Waals surface area contributed by atoms with E-state index >= 15 is 0 Å². The summed E-state index contributed by atoms with van der Waals surface area (Å²) < 4.78 is 97.6. The Balaban J connectivity index is 0.000000187.